The van der Waals surface area contributed by atoms with Crippen LogP contribution in [0.3, 0.4) is 0 Å². The minimum Gasteiger partial charge on any atom is -0.461 e. The van der Waals surface area contributed by atoms with Crippen molar-refractivity contribution in [2.24, 2.45) is 34.5 Å². The average molecular weight is 504 g/mol. The molecule has 3 rings (SSSR count). The summed E-state index contributed by atoms with van der Waals surface area (Å²) in [4.78, 5) is 27.5. The van der Waals surface area contributed by atoms with Gasteiger partial charge in [-0.1, -0.05) is 33.3 Å². The van der Waals surface area contributed by atoms with Gasteiger partial charge in [0.15, 0.2) is 0 Å². The lowest BCUT2D eigenvalue weighted by Crippen LogP contribution is -2.60. The number of carbonyl (C=O) groups is 2. The van der Waals surface area contributed by atoms with Gasteiger partial charge in [-0.25, -0.2) is 4.79 Å². The summed E-state index contributed by atoms with van der Waals surface area (Å²) in [5, 5.41) is 10.6. The number of aliphatic hydroxyl groups excluding tert-OH is 1. The third-order valence-electron chi connectivity index (χ3n) is 8.52. The maximum Gasteiger partial charge on any atom is 0.394 e. The normalized spacial score (nSPS) is 36.2. The summed E-state index contributed by atoms with van der Waals surface area (Å²) in [5.41, 5.74) is 0.905. The molecule has 0 aromatic rings. The first-order valence-electron chi connectivity index (χ1n) is 11.9. The maximum absolute atomic E-state index is 13.3. The standard InChI is InChI=1S/C24H39NO4.H2O4S/c1-15-16(13-21(28)29-12-11-25(5)6)7-8-17-22(15)18(26)14-19-23(2,3)20(27)9-10-24(17,19)4;1-5(2,3)4/h13,15,17,19-20,22,27H,7-12,14H2,1-6H3;(H2,1,2,3,4)/b16-13-;. The summed E-state index contributed by atoms with van der Waals surface area (Å²) >= 11 is 0. The van der Waals surface area contributed by atoms with Gasteiger partial charge in [-0.3, -0.25) is 13.9 Å². The summed E-state index contributed by atoms with van der Waals surface area (Å²) in [6.07, 6.45) is 5.44. The monoisotopic (exact) mass is 503 g/mol. The highest BCUT2D eigenvalue weighted by Crippen LogP contribution is 2.64. The van der Waals surface area contributed by atoms with E-state index in [1.807, 2.05) is 19.0 Å². The molecule has 0 aromatic carbocycles. The van der Waals surface area contributed by atoms with Crippen LogP contribution in [0.5, 0.6) is 0 Å². The van der Waals surface area contributed by atoms with Crippen molar-refractivity contribution in [3.8, 4) is 0 Å². The van der Waals surface area contributed by atoms with Gasteiger partial charge < -0.3 is 14.7 Å². The lowest BCUT2D eigenvalue weighted by atomic mass is 9.42. The van der Waals surface area contributed by atoms with Gasteiger partial charge in [0.1, 0.15) is 12.4 Å². The van der Waals surface area contributed by atoms with Crippen molar-refractivity contribution in [1.82, 2.24) is 4.90 Å². The second-order valence-electron chi connectivity index (χ2n) is 11.2. The minimum absolute atomic E-state index is 0.0168. The zero-order chi connectivity index (χ0) is 26.1. The zero-order valence-corrected chi connectivity index (χ0v) is 22.0. The first-order chi connectivity index (χ1) is 15.5. The molecule has 0 saturated heterocycles. The molecule has 0 radical (unpaired) electrons. The number of likely N-dealkylation sites (N-methyl/N-ethyl adjacent to an activating group) is 1. The van der Waals surface area contributed by atoms with Crippen molar-refractivity contribution >= 4 is 22.2 Å². The van der Waals surface area contributed by atoms with Crippen molar-refractivity contribution in [1.29, 1.82) is 0 Å². The largest absolute Gasteiger partial charge is 0.461 e. The third-order valence-corrected chi connectivity index (χ3v) is 8.52. The van der Waals surface area contributed by atoms with E-state index < -0.39 is 10.4 Å². The molecule has 0 spiro atoms. The van der Waals surface area contributed by atoms with Crippen molar-refractivity contribution in [3.05, 3.63) is 11.6 Å². The topological polar surface area (TPSA) is 141 Å². The molecule has 6 atom stereocenters. The lowest BCUT2D eigenvalue weighted by molar-refractivity contribution is -0.172. The Labute approximate surface area is 203 Å². The number of rotatable bonds is 4. The van der Waals surface area contributed by atoms with Crippen LogP contribution in [0, 0.1) is 34.5 Å². The Kier molecular flexibility index (Phi) is 9.13. The fourth-order valence-electron chi connectivity index (χ4n) is 6.63. The molecule has 0 aliphatic heterocycles. The Morgan fingerprint density at radius 2 is 1.79 bits per heavy atom. The van der Waals surface area contributed by atoms with Crippen LogP contribution < -0.4 is 0 Å². The number of fused-ring (bicyclic) bond motifs is 3. The molecular weight excluding hydrogens is 462 g/mol. The first-order valence-corrected chi connectivity index (χ1v) is 13.3. The van der Waals surface area contributed by atoms with E-state index in [0.29, 0.717) is 31.3 Å². The summed E-state index contributed by atoms with van der Waals surface area (Å²) in [6, 6.07) is 0. The van der Waals surface area contributed by atoms with E-state index in [1.54, 1.807) is 6.08 Å². The molecule has 9 nitrogen and oxygen atoms in total. The molecule has 6 unspecified atom stereocenters. The van der Waals surface area contributed by atoms with E-state index in [0.717, 1.165) is 31.3 Å². The van der Waals surface area contributed by atoms with E-state index in [9.17, 15) is 14.7 Å². The number of aliphatic hydroxyl groups is 1. The quantitative estimate of drug-likeness (QED) is 0.300. The number of ketones is 1. The fourth-order valence-corrected chi connectivity index (χ4v) is 6.63. The van der Waals surface area contributed by atoms with Crippen LogP contribution >= 0.6 is 0 Å². The number of esters is 1. The first kappa shape index (κ1) is 28.9. The highest BCUT2D eigenvalue weighted by molar-refractivity contribution is 7.79. The molecule has 34 heavy (non-hydrogen) atoms. The van der Waals surface area contributed by atoms with Crippen LogP contribution in [0.1, 0.15) is 59.8 Å². The second-order valence-corrected chi connectivity index (χ2v) is 12.1. The number of allylic oxidation sites excluding steroid dienone is 1. The van der Waals surface area contributed by atoms with E-state index in [4.69, 9.17) is 22.3 Å². The van der Waals surface area contributed by atoms with Crippen molar-refractivity contribution in [2.45, 2.75) is 65.9 Å². The predicted molar refractivity (Wildman–Crippen MR) is 127 cm³/mol. The van der Waals surface area contributed by atoms with Crippen molar-refractivity contribution in [3.63, 3.8) is 0 Å². The summed E-state index contributed by atoms with van der Waals surface area (Å²) in [6.45, 7) is 9.82. The SMILES string of the molecule is CC1/C(=C\C(=O)OCCN(C)C)CCC2C1C(=O)CC1C(C)(C)C(O)CCC21C.O=S(=O)(O)O. The molecule has 0 bridgehead atoms. The predicted octanol–water partition coefficient (Wildman–Crippen LogP) is 2.80. The number of hydrogen-bond acceptors (Lipinski definition) is 7. The number of hydrogen-bond donors (Lipinski definition) is 3. The summed E-state index contributed by atoms with van der Waals surface area (Å²) < 4.78 is 36.9. The number of Topliss-reactive ketones (excluding diaryl/α,β-unsaturated/α-hetero) is 1. The lowest BCUT2D eigenvalue weighted by Gasteiger charge is -2.62. The Morgan fingerprint density at radius 1 is 1.21 bits per heavy atom. The highest BCUT2D eigenvalue weighted by Gasteiger charge is 2.61. The number of carbonyl (C=O) groups excluding carboxylic acids is 2. The third kappa shape index (κ3) is 6.66. The Morgan fingerprint density at radius 3 is 2.35 bits per heavy atom. The van der Waals surface area contributed by atoms with Crippen LogP contribution in [0.15, 0.2) is 11.6 Å². The molecule has 0 heterocycles. The second kappa shape index (κ2) is 10.7. The van der Waals surface area contributed by atoms with Crippen LogP contribution in [-0.2, 0) is 24.7 Å². The Hall–Kier alpha value is -1.33. The van der Waals surface area contributed by atoms with E-state index >= 15 is 0 Å². The van der Waals surface area contributed by atoms with E-state index in [-0.39, 0.29) is 40.7 Å². The molecule has 3 N–H and O–H groups in total. The Bertz CT molecular complexity index is 889. The molecular formula is C24H41NO8S. The van der Waals surface area contributed by atoms with Gasteiger partial charge in [-0.2, -0.15) is 8.42 Å². The van der Waals surface area contributed by atoms with Gasteiger partial charge in [-0.15, -0.1) is 0 Å². The van der Waals surface area contributed by atoms with Crippen molar-refractivity contribution in [2.75, 3.05) is 27.2 Å². The molecule has 0 aromatic heterocycles. The van der Waals surface area contributed by atoms with Crippen LogP contribution in [-0.4, -0.2) is 72.6 Å². The summed E-state index contributed by atoms with van der Waals surface area (Å²) in [5.74, 6) is 0.645. The molecule has 3 saturated carbocycles. The number of nitrogens with zero attached hydrogens (tertiary/aromatic N) is 1. The highest BCUT2D eigenvalue weighted by atomic mass is 32.3. The smallest absolute Gasteiger partial charge is 0.394 e. The molecule has 3 aliphatic carbocycles. The zero-order valence-electron chi connectivity index (χ0n) is 21.2. The number of ether oxygens (including phenoxy) is 1. The Balaban J connectivity index is 0.000000739. The van der Waals surface area contributed by atoms with Crippen LogP contribution in [0.25, 0.3) is 0 Å². The maximum atomic E-state index is 13.3. The van der Waals surface area contributed by atoms with Crippen molar-refractivity contribution < 1.29 is 37.0 Å². The van der Waals surface area contributed by atoms with Gasteiger partial charge in [0.2, 0.25) is 0 Å². The molecule has 196 valence electrons. The molecule has 3 aliphatic rings. The van der Waals surface area contributed by atoms with Crippen LogP contribution in [0.4, 0.5) is 0 Å². The fraction of sp³-hybridized carbons (Fsp3) is 0.833. The average Bonchev–Trinajstić information content (AvgIpc) is 2.67. The van der Waals surface area contributed by atoms with Gasteiger partial charge >= 0.3 is 16.4 Å². The van der Waals surface area contributed by atoms with Gasteiger partial charge in [0.05, 0.1) is 6.10 Å². The van der Waals surface area contributed by atoms with E-state index in [1.165, 1.54) is 0 Å². The molecule has 3 fully saturated rings. The minimum atomic E-state index is -4.67. The van der Waals surface area contributed by atoms with Crippen LogP contribution in [0.2, 0.25) is 0 Å². The summed E-state index contributed by atoms with van der Waals surface area (Å²) in [7, 11) is -0.770. The molecule has 0 amide bonds. The molecule has 10 heteroatoms. The van der Waals surface area contributed by atoms with Gasteiger partial charge in [0.25, 0.3) is 0 Å². The van der Waals surface area contributed by atoms with Gasteiger partial charge in [0, 0.05) is 25.0 Å². The van der Waals surface area contributed by atoms with Gasteiger partial charge in [-0.05, 0) is 68.4 Å². The van der Waals surface area contributed by atoms with E-state index in [2.05, 4.69) is 27.7 Å².